The van der Waals surface area contributed by atoms with E-state index in [-0.39, 0.29) is 0 Å². The van der Waals surface area contributed by atoms with Crippen LogP contribution in [0, 0.1) is 0 Å². The van der Waals surface area contributed by atoms with Gasteiger partial charge in [-0.3, -0.25) is 0 Å². The van der Waals surface area contributed by atoms with Crippen molar-refractivity contribution in [1.29, 1.82) is 0 Å². The van der Waals surface area contributed by atoms with Crippen LogP contribution in [0.1, 0.15) is 13.3 Å². The number of hydrogen-bond acceptors (Lipinski definition) is 5. The summed E-state index contributed by atoms with van der Waals surface area (Å²) in [5.41, 5.74) is 0. The van der Waals surface area contributed by atoms with Gasteiger partial charge in [0.05, 0.1) is 25.9 Å². The third-order valence-electron chi connectivity index (χ3n) is 2.78. The number of hydrogen-bond donors (Lipinski definition) is 0. The number of rotatable bonds is 5. The summed E-state index contributed by atoms with van der Waals surface area (Å²) in [5.74, 6) is 1.55. The number of aromatic nitrogens is 2. The van der Waals surface area contributed by atoms with Gasteiger partial charge < -0.3 is 14.4 Å². The van der Waals surface area contributed by atoms with E-state index >= 15 is 0 Å². The van der Waals surface area contributed by atoms with Gasteiger partial charge in [-0.1, -0.05) is 22.9 Å². The second-order valence-electron chi connectivity index (χ2n) is 4.14. The standard InChI is InChI=1S/C12H18BrN3O2/c1-2-4-18-12-6-11(14-9-15-12)16-3-5-17-8-10(16)7-13/h6,9-10H,2-5,7-8H2,1H3. The lowest BCUT2D eigenvalue weighted by Gasteiger charge is -2.35. The Kier molecular flexibility index (Phi) is 5.19. The summed E-state index contributed by atoms with van der Waals surface area (Å²) in [5, 5.41) is 0.863. The molecule has 0 bridgehead atoms. The highest BCUT2D eigenvalue weighted by atomic mass is 79.9. The molecular weight excluding hydrogens is 298 g/mol. The molecule has 0 spiro atoms. The fraction of sp³-hybridized carbons (Fsp3) is 0.667. The van der Waals surface area contributed by atoms with E-state index in [0.29, 0.717) is 18.5 Å². The molecule has 18 heavy (non-hydrogen) atoms. The molecule has 0 saturated carbocycles. The molecule has 2 rings (SSSR count). The minimum atomic E-state index is 0.313. The molecule has 1 unspecified atom stereocenters. The fourth-order valence-electron chi connectivity index (χ4n) is 1.86. The zero-order chi connectivity index (χ0) is 12.8. The Labute approximate surface area is 116 Å². The van der Waals surface area contributed by atoms with Gasteiger partial charge in [0, 0.05) is 17.9 Å². The Hall–Kier alpha value is -0.880. The van der Waals surface area contributed by atoms with Crippen LogP contribution in [0.15, 0.2) is 12.4 Å². The van der Waals surface area contributed by atoms with Crippen LogP contribution in [0.25, 0.3) is 0 Å². The first kappa shape index (κ1) is 13.5. The molecule has 0 radical (unpaired) electrons. The molecule has 6 heteroatoms. The van der Waals surface area contributed by atoms with Crippen LogP contribution in [-0.4, -0.2) is 47.7 Å². The Morgan fingerprint density at radius 1 is 1.56 bits per heavy atom. The Balaban J connectivity index is 2.10. The van der Waals surface area contributed by atoms with Crippen molar-refractivity contribution in [3.63, 3.8) is 0 Å². The fourth-order valence-corrected chi connectivity index (χ4v) is 2.39. The van der Waals surface area contributed by atoms with Gasteiger partial charge in [-0.05, 0) is 6.42 Å². The molecule has 1 aliphatic rings. The molecule has 1 aliphatic heterocycles. The van der Waals surface area contributed by atoms with Crippen molar-refractivity contribution < 1.29 is 9.47 Å². The Bertz CT molecular complexity index is 378. The largest absolute Gasteiger partial charge is 0.478 e. The first-order valence-electron chi connectivity index (χ1n) is 6.20. The summed E-state index contributed by atoms with van der Waals surface area (Å²) < 4.78 is 11.0. The lowest BCUT2D eigenvalue weighted by Crippen LogP contribution is -2.47. The summed E-state index contributed by atoms with van der Waals surface area (Å²) >= 11 is 3.51. The molecule has 1 aromatic heterocycles. The molecule has 5 nitrogen and oxygen atoms in total. The maximum absolute atomic E-state index is 5.53. The van der Waals surface area contributed by atoms with Gasteiger partial charge in [0.25, 0.3) is 0 Å². The van der Waals surface area contributed by atoms with Crippen LogP contribution in [0.4, 0.5) is 5.82 Å². The molecular formula is C12H18BrN3O2. The van der Waals surface area contributed by atoms with Gasteiger partial charge in [-0.15, -0.1) is 0 Å². The predicted molar refractivity (Wildman–Crippen MR) is 73.6 cm³/mol. The first-order valence-corrected chi connectivity index (χ1v) is 7.32. The smallest absolute Gasteiger partial charge is 0.218 e. The minimum Gasteiger partial charge on any atom is -0.478 e. The van der Waals surface area contributed by atoms with Gasteiger partial charge >= 0.3 is 0 Å². The highest BCUT2D eigenvalue weighted by Crippen LogP contribution is 2.21. The van der Waals surface area contributed by atoms with Crippen molar-refractivity contribution in [2.24, 2.45) is 0 Å². The Morgan fingerprint density at radius 2 is 2.44 bits per heavy atom. The number of ether oxygens (including phenoxy) is 2. The van der Waals surface area contributed by atoms with Gasteiger partial charge in [-0.25, -0.2) is 9.97 Å². The SMILES string of the molecule is CCCOc1cc(N2CCOCC2CBr)ncn1. The lowest BCUT2D eigenvalue weighted by molar-refractivity contribution is 0.0999. The molecule has 1 aromatic rings. The topological polar surface area (TPSA) is 47.5 Å². The lowest BCUT2D eigenvalue weighted by atomic mass is 10.2. The van der Waals surface area contributed by atoms with Gasteiger partial charge in [0.2, 0.25) is 5.88 Å². The number of alkyl halides is 1. The summed E-state index contributed by atoms with van der Waals surface area (Å²) in [7, 11) is 0. The van der Waals surface area contributed by atoms with Gasteiger partial charge in [0.1, 0.15) is 12.1 Å². The summed E-state index contributed by atoms with van der Waals surface area (Å²) in [6, 6.07) is 2.21. The number of nitrogens with zero attached hydrogens (tertiary/aromatic N) is 3. The van der Waals surface area contributed by atoms with Crippen molar-refractivity contribution in [1.82, 2.24) is 9.97 Å². The van der Waals surface area contributed by atoms with Crippen LogP contribution in [0.3, 0.4) is 0 Å². The van der Waals surface area contributed by atoms with Gasteiger partial charge in [0.15, 0.2) is 0 Å². The van der Waals surface area contributed by atoms with Crippen molar-refractivity contribution >= 4 is 21.7 Å². The van der Waals surface area contributed by atoms with E-state index < -0.39 is 0 Å². The van der Waals surface area contributed by atoms with Crippen molar-refractivity contribution in [3.05, 3.63) is 12.4 Å². The number of morpholine rings is 1. The summed E-state index contributed by atoms with van der Waals surface area (Å²) in [6.45, 7) is 5.06. The van der Waals surface area contributed by atoms with Crippen LogP contribution in [0.5, 0.6) is 5.88 Å². The quantitative estimate of drug-likeness (QED) is 0.776. The van der Waals surface area contributed by atoms with E-state index in [2.05, 4.69) is 37.7 Å². The minimum absolute atomic E-state index is 0.313. The average Bonchev–Trinajstić information content (AvgIpc) is 2.45. The summed E-state index contributed by atoms with van der Waals surface area (Å²) in [4.78, 5) is 10.7. The van der Waals surface area contributed by atoms with Crippen LogP contribution in [-0.2, 0) is 4.74 Å². The predicted octanol–water partition coefficient (Wildman–Crippen LogP) is 1.87. The molecule has 1 atom stereocenters. The molecule has 0 aromatic carbocycles. The van der Waals surface area contributed by atoms with E-state index in [1.165, 1.54) is 0 Å². The van der Waals surface area contributed by atoms with Crippen molar-refractivity contribution in [3.8, 4) is 5.88 Å². The van der Waals surface area contributed by atoms with Crippen molar-refractivity contribution in [2.75, 3.05) is 36.6 Å². The van der Waals surface area contributed by atoms with Crippen molar-refractivity contribution in [2.45, 2.75) is 19.4 Å². The Morgan fingerprint density at radius 3 is 3.22 bits per heavy atom. The van der Waals surface area contributed by atoms with E-state index in [9.17, 15) is 0 Å². The normalized spacial score (nSPS) is 19.9. The zero-order valence-electron chi connectivity index (χ0n) is 10.5. The first-order chi connectivity index (χ1) is 8.85. The van der Waals surface area contributed by atoms with Crippen LogP contribution in [0.2, 0.25) is 0 Å². The van der Waals surface area contributed by atoms with E-state index in [1.54, 1.807) is 6.33 Å². The van der Waals surface area contributed by atoms with E-state index in [0.717, 1.165) is 37.3 Å². The number of anilines is 1. The molecule has 0 amide bonds. The van der Waals surface area contributed by atoms with Crippen LogP contribution >= 0.6 is 15.9 Å². The summed E-state index contributed by atoms with van der Waals surface area (Å²) in [6.07, 6.45) is 2.53. The number of halogens is 1. The second kappa shape index (κ2) is 6.89. The molecule has 0 N–H and O–H groups in total. The maximum atomic E-state index is 5.53. The third kappa shape index (κ3) is 3.32. The molecule has 1 fully saturated rings. The molecule has 2 heterocycles. The average molecular weight is 316 g/mol. The third-order valence-corrected chi connectivity index (χ3v) is 3.53. The highest BCUT2D eigenvalue weighted by molar-refractivity contribution is 9.09. The maximum Gasteiger partial charge on any atom is 0.218 e. The monoisotopic (exact) mass is 315 g/mol. The molecule has 1 saturated heterocycles. The van der Waals surface area contributed by atoms with Gasteiger partial charge in [-0.2, -0.15) is 0 Å². The molecule has 100 valence electrons. The highest BCUT2D eigenvalue weighted by Gasteiger charge is 2.23. The van der Waals surface area contributed by atoms with Crippen LogP contribution < -0.4 is 9.64 Å². The zero-order valence-corrected chi connectivity index (χ0v) is 12.1. The van der Waals surface area contributed by atoms with E-state index in [4.69, 9.17) is 9.47 Å². The second-order valence-corrected chi connectivity index (χ2v) is 4.79. The molecule has 0 aliphatic carbocycles. The van der Waals surface area contributed by atoms with E-state index in [1.807, 2.05) is 6.07 Å².